The predicted octanol–water partition coefficient (Wildman–Crippen LogP) is 4.62. The van der Waals surface area contributed by atoms with Gasteiger partial charge in [-0.2, -0.15) is 5.26 Å². The van der Waals surface area contributed by atoms with Gasteiger partial charge in [-0.05, 0) is 42.6 Å². The van der Waals surface area contributed by atoms with Crippen LogP contribution < -0.4 is 36.6 Å². The van der Waals surface area contributed by atoms with Crippen LogP contribution in [0.5, 0.6) is 0 Å². The van der Waals surface area contributed by atoms with E-state index in [0.29, 0.717) is 11.0 Å². The van der Waals surface area contributed by atoms with Crippen LogP contribution in [-0.4, -0.2) is 23.8 Å². The van der Waals surface area contributed by atoms with Crippen LogP contribution in [0.4, 0.5) is 0 Å². The fraction of sp³-hybridized carbons (Fsp3) is 0. The maximum absolute atomic E-state index is 10.5. The van der Waals surface area contributed by atoms with Crippen molar-refractivity contribution >= 4 is 60.3 Å². The zero-order chi connectivity index (χ0) is 33.4. The molecule has 0 amide bonds. The lowest BCUT2D eigenvalue weighted by molar-refractivity contribution is 0.453. The van der Waals surface area contributed by atoms with E-state index in [4.69, 9.17) is 8.69 Å². The van der Waals surface area contributed by atoms with Gasteiger partial charge in [0.25, 0.3) is 16.6 Å². The molecule has 7 aromatic carbocycles. The highest BCUT2D eigenvalue weighted by molar-refractivity contribution is 7.13. The molecule has 0 bridgehead atoms. The van der Waals surface area contributed by atoms with Gasteiger partial charge in [-0.3, -0.25) is 0 Å². The summed E-state index contributed by atoms with van der Waals surface area (Å²) in [6.45, 7) is 0. The molecule has 0 aliphatic rings. The molecule has 0 N–H and O–H groups in total. The van der Waals surface area contributed by atoms with Crippen LogP contribution in [0.25, 0.3) is 0 Å². The van der Waals surface area contributed by atoms with E-state index in [-0.39, 0.29) is 0 Å². The molecule has 0 aliphatic heterocycles. The topological polar surface area (TPSA) is 42.2 Å². The lowest BCUT2D eigenvalue weighted by Gasteiger charge is -2.40. The molecule has 0 aliphatic carbocycles. The van der Waals surface area contributed by atoms with Crippen molar-refractivity contribution in [1.82, 2.24) is 0 Å². The first kappa shape index (κ1) is 32.0. The summed E-state index contributed by atoms with van der Waals surface area (Å²) < 4.78 is 15.7. The summed E-state index contributed by atoms with van der Waals surface area (Å²) in [5.74, 6) is 0. The normalized spacial score (nSPS) is 11.4. The second kappa shape index (κ2) is 14.7. The van der Waals surface area contributed by atoms with Crippen molar-refractivity contribution in [3.8, 4) is 6.07 Å². The Morgan fingerprint density at radius 3 is 0.857 bits per heavy atom. The lowest BCUT2D eigenvalue weighted by Crippen LogP contribution is -2.76. The van der Waals surface area contributed by atoms with Gasteiger partial charge in [-0.25, -0.2) is 0 Å². The molecule has 0 saturated heterocycles. The molecule has 7 rings (SSSR count). The van der Waals surface area contributed by atoms with Gasteiger partial charge in [0.2, 0.25) is 0 Å². The number of hydrogen-bond donors (Lipinski definition) is 0. The van der Waals surface area contributed by atoms with Crippen molar-refractivity contribution in [2.24, 2.45) is 0 Å². The zero-order valence-electron chi connectivity index (χ0n) is 27.0. The second-order valence-electron chi connectivity index (χ2n) is 11.8. The maximum Gasteiger partial charge on any atom is 0.475 e. The van der Waals surface area contributed by atoms with E-state index in [0.717, 1.165) is 31.1 Å². The first-order valence-corrected chi connectivity index (χ1v) is 20.2. The summed E-state index contributed by atoms with van der Waals surface area (Å²) in [6, 6.07) is 73.2. The van der Waals surface area contributed by atoms with Gasteiger partial charge >= 0.3 is 7.12 Å². The van der Waals surface area contributed by atoms with E-state index >= 15 is 0 Å². The highest BCUT2D eigenvalue weighted by Crippen LogP contribution is 2.18. The molecule has 0 spiro atoms. The molecule has 0 radical (unpaired) electrons. The van der Waals surface area contributed by atoms with E-state index in [1.54, 1.807) is 0 Å². The van der Waals surface area contributed by atoms with Crippen LogP contribution in [0.15, 0.2) is 206 Å². The molecule has 7 aromatic rings. The second-order valence-corrected chi connectivity index (χ2v) is 18.5. The third kappa shape index (κ3) is 6.25. The van der Waals surface area contributed by atoms with Crippen molar-refractivity contribution in [2.75, 3.05) is 0 Å². The van der Waals surface area contributed by atoms with Gasteiger partial charge in [0.15, 0.2) is 0 Å². The third-order valence-corrected chi connectivity index (χ3v) is 17.0. The average Bonchev–Trinajstić information content (AvgIpc) is 3.20. The summed E-state index contributed by atoms with van der Waals surface area (Å²) in [6.07, 6.45) is 0. The smallest absolute Gasteiger partial charge is 0.440 e. The summed E-state index contributed by atoms with van der Waals surface area (Å²) in [5, 5.41) is 17.0. The number of rotatable bonds is 11. The van der Waals surface area contributed by atoms with E-state index in [9.17, 15) is 5.26 Å². The van der Waals surface area contributed by atoms with E-state index in [1.165, 1.54) is 0 Å². The van der Waals surface area contributed by atoms with Crippen molar-refractivity contribution in [3.05, 3.63) is 212 Å². The fourth-order valence-electron chi connectivity index (χ4n) is 6.72. The Bertz CT molecular complexity index is 1810. The molecule has 234 valence electrons. The molecule has 0 saturated carbocycles. The Kier molecular flexibility index (Phi) is 9.60. The van der Waals surface area contributed by atoms with E-state index < -0.39 is 23.8 Å². The molecule has 6 heteroatoms. The number of hydrogen-bond acceptors (Lipinski definition) is 3. The van der Waals surface area contributed by atoms with Gasteiger partial charge < -0.3 is 8.69 Å². The van der Waals surface area contributed by atoms with Crippen molar-refractivity contribution in [3.63, 3.8) is 0 Å². The molecule has 49 heavy (non-hydrogen) atoms. The fourth-order valence-corrected chi connectivity index (χ4v) is 14.6. The highest BCUT2D eigenvalue weighted by atomic mass is 28.4. The largest absolute Gasteiger partial charge is 0.475 e. The molecular weight excluding hydrogens is 629 g/mol. The quantitative estimate of drug-likeness (QED) is 0.150. The Hall–Kier alpha value is -5.55. The molecule has 0 fully saturated rings. The summed E-state index contributed by atoms with van der Waals surface area (Å²) in [7, 11) is -7.56. The van der Waals surface area contributed by atoms with Crippen molar-refractivity contribution in [2.45, 2.75) is 0 Å². The Morgan fingerprint density at radius 2 is 0.592 bits per heavy atom. The minimum Gasteiger partial charge on any atom is -0.440 e. The molecule has 0 aromatic heterocycles. The molecule has 0 unspecified atom stereocenters. The third-order valence-electron chi connectivity index (χ3n) is 8.98. The Balaban J connectivity index is 1.55. The summed E-state index contributed by atoms with van der Waals surface area (Å²) >= 11 is 0. The van der Waals surface area contributed by atoms with Gasteiger partial charge in [-0.1, -0.05) is 200 Å². The standard InChI is InChI=1S/C43H34BNO2Si2/c45-35-36-21-19-20-34-43(36)44(46-48(37-22-7-1-8-23-37,38-24-9-2-10-25-38)39-26-11-3-12-27-39)47-49(40-28-13-4-14-29-40,41-30-15-5-16-31-41)42-32-17-6-18-33-42/h1-34H. The number of nitriles is 1. The van der Waals surface area contributed by atoms with Crippen LogP contribution >= 0.6 is 0 Å². The molecular formula is C43H34BNO2Si2. The summed E-state index contributed by atoms with van der Waals surface area (Å²) in [4.78, 5) is 0. The van der Waals surface area contributed by atoms with Gasteiger partial charge in [-0.15, -0.1) is 0 Å². The summed E-state index contributed by atoms with van der Waals surface area (Å²) in [5.41, 5.74) is 1.21. The SMILES string of the molecule is N#Cc1ccccc1B(O[Si](c1ccccc1)(c1ccccc1)c1ccccc1)O[Si](c1ccccc1)(c1ccccc1)c1ccccc1. The van der Waals surface area contributed by atoms with Crippen LogP contribution in [0.2, 0.25) is 0 Å². The van der Waals surface area contributed by atoms with Crippen LogP contribution in [0, 0.1) is 11.3 Å². The number of benzene rings is 7. The van der Waals surface area contributed by atoms with Gasteiger partial charge in [0, 0.05) is 0 Å². The van der Waals surface area contributed by atoms with Crippen molar-refractivity contribution in [1.29, 1.82) is 5.26 Å². The average molecular weight is 664 g/mol. The molecule has 0 heterocycles. The Labute approximate surface area is 291 Å². The van der Waals surface area contributed by atoms with Crippen LogP contribution in [0.3, 0.4) is 0 Å². The van der Waals surface area contributed by atoms with Crippen LogP contribution in [0.1, 0.15) is 5.56 Å². The monoisotopic (exact) mass is 663 g/mol. The predicted molar refractivity (Wildman–Crippen MR) is 207 cm³/mol. The van der Waals surface area contributed by atoms with E-state index in [2.05, 4.69) is 152 Å². The first-order chi connectivity index (χ1) is 24.3. The molecule has 3 nitrogen and oxygen atoms in total. The lowest BCUT2D eigenvalue weighted by atomic mass is 9.77. The van der Waals surface area contributed by atoms with Gasteiger partial charge in [0.05, 0.1) is 11.6 Å². The maximum atomic E-state index is 10.5. The van der Waals surface area contributed by atoms with Crippen LogP contribution in [-0.2, 0) is 8.69 Å². The number of nitrogens with zero attached hydrogens (tertiary/aromatic N) is 1. The molecule has 0 atom stereocenters. The van der Waals surface area contributed by atoms with E-state index in [1.807, 2.05) is 60.7 Å². The minimum atomic E-state index is -3.32. The zero-order valence-corrected chi connectivity index (χ0v) is 29.0. The Morgan fingerprint density at radius 1 is 0.347 bits per heavy atom. The van der Waals surface area contributed by atoms with Crippen molar-refractivity contribution < 1.29 is 8.69 Å². The highest BCUT2D eigenvalue weighted by Gasteiger charge is 2.51. The minimum absolute atomic E-state index is 0.515. The van der Waals surface area contributed by atoms with Gasteiger partial charge in [0.1, 0.15) is 0 Å². The first-order valence-electron chi connectivity index (χ1n) is 16.4.